The topological polar surface area (TPSA) is 114 Å². The van der Waals surface area contributed by atoms with Crippen LogP contribution in [0.5, 0.6) is 0 Å². The number of fused-ring (bicyclic) bond motifs is 1. The van der Waals surface area contributed by atoms with Gasteiger partial charge >= 0.3 is 5.69 Å². The van der Waals surface area contributed by atoms with Gasteiger partial charge < -0.3 is 15.4 Å². The largest absolute Gasteiger partial charge is 0.383 e. The number of nitrogen functional groups attached to an aromatic ring is 1. The number of carbonyl (C=O) groups excluding carboxylic acids is 1. The number of H-pyrrole nitrogens is 1. The van der Waals surface area contributed by atoms with Crippen LogP contribution >= 0.6 is 0 Å². The first-order chi connectivity index (χ1) is 14.8. The summed E-state index contributed by atoms with van der Waals surface area (Å²) in [5.74, 6) is -0.130. The molecule has 1 aliphatic heterocycles. The van der Waals surface area contributed by atoms with Gasteiger partial charge in [0.05, 0.1) is 13.2 Å². The Bertz CT molecular complexity index is 1040. The first-order valence-corrected chi connectivity index (χ1v) is 10.5. The molecule has 3 N–H and O–H groups in total. The summed E-state index contributed by atoms with van der Waals surface area (Å²) < 4.78 is 6.46. The zero-order valence-electron chi connectivity index (χ0n) is 18.4. The molecule has 0 radical (unpaired) electrons. The Hall–Kier alpha value is -2.91. The first-order valence-electron chi connectivity index (χ1n) is 10.5. The Morgan fingerprint density at radius 3 is 2.65 bits per heavy atom. The van der Waals surface area contributed by atoms with E-state index in [4.69, 9.17) is 10.5 Å². The van der Waals surface area contributed by atoms with Crippen LogP contribution in [-0.4, -0.2) is 53.7 Å². The fourth-order valence-electron chi connectivity index (χ4n) is 3.89. The Labute approximate surface area is 181 Å². The molecule has 31 heavy (non-hydrogen) atoms. The second-order valence-electron chi connectivity index (χ2n) is 8.27. The van der Waals surface area contributed by atoms with E-state index in [0.717, 1.165) is 13.0 Å². The second-order valence-corrected chi connectivity index (χ2v) is 8.27. The van der Waals surface area contributed by atoms with Crippen molar-refractivity contribution in [1.29, 1.82) is 0 Å². The average Bonchev–Trinajstić information content (AvgIpc) is 2.73. The van der Waals surface area contributed by atoms with Crippen LogP contribution in [0.1, 0.15) is 25.0 Å². The summed E-state index contributed by atoms with van der Waals surface area (Å²) in [6.45, 7) is 6.17. The van der Waals surface area contributed by atoms with Gasteiger partial charge in [0.15, 0.2) is 5.69 Å². The maximum atomic E-state index is 13.3. The van der Waals surface area contributed by atoms with Crippen molar-refractivity contribution in [2.45, 2.75) is 33.4 Å². The predicted octanol–water partition coefficient (Wildman–Crippen LogP) is 0.813. The number of carbonyl (C=O) groups is 1. The third kappa shape index (κ3) is 5.23. The maximum Gasteiger partial charge on any atom is 0.330 e. The van der Waals surface area contributed by atoms with Crippen molar-refractivity contribution in [1.82, 2.24) is 14.5 Å². The molecule has 3 rings (SSSR count). The summed E-state index contributed by atoms with van der Waals surface area (Å²) in [6.07, 6.45) is 0.865. The number of ether oxygens (including phenoxy) is 1. The quantitative estimate of drug-likeness (QED) is 0.642. The molecule has 0 bridgehead atoms. The van der Waals surface area contributed by atoms with Gasteiger partial charge in [0.2, 0.25) is 5.91 Å². The zero-order valence-corrected chi connectivity index (χ0v) is 18.4. The highest BCUT2D eigenvalue weighted by Crippen LogP contribution is 2.21. The number of hydrogen-bond acceptors (Lipinski definition) is 6. The molecule has 168 valence electrons. The molecule has 2 aromatic rings. The number of methoxy groups -OCH3 is 1. The van der Waals surface area contributed by atoms with Crippen LogP contribution in [-0.2, 0) is 29.0 Å². The molecule has 0 saturated heterocycles. The van der Waals surface area contributed by atoms with Crippen molar-refractivity contribution in [3.8, 4) is 0 Å². The molecule has 9 heteroatoms. The lowest BCUT2D eigenvalue weighted by molar-refractivity contribution is -0.120. The SMILES string of the molecule is COCCN(C(=O)CN1CCc2ccccc2C1)c1c(N)n(CC(C)C)c(=O)[nH]c1=O. The van der Waals surface area contributed by atoms with Crippen LogP contribution in [0.2, 0.25) is 0 Å². The monoisotopic (exact) mass is 429 g/mol. The van der Waals surface area contributed by atoms with Gasteiger partial charge in [-0.1, -0.05) is 38.1 Å². The Kier molecular flexibility index (Phi) is 7.29. The minimum absolute atomic E-state index is 0.000269. The van der Waals surface area contributed by atoms with Crippen molar-refractivity contribution >= 4 is 17.4 Å². The van der Waals surface area contributed by atoms with Crippen LogP contribution < -0.4 is 21.9 Å². The number of rotatable bonds is 8. The standard InChI is InChI=1S/C22H31N5O4/c1-15(2)12-27-20(23)19(21(29)24-22(27)30)26(10-11-31-3)18(28)14-25-9-8-16-6-4-5-7-17(16)13-25/h4-7,15H,8-14,23H2,1-3H3,(H,24,29,30). The summed E-state index contributed by atoms with van der Waals surface area (Å²) in [6, 6.07) is 8.19. The van der Waals surface area contributed by atoms with E-state index in [0.29, 0.717) is 13.1 Å². The molecule has 0 atom stereocenters. The Morgan fingerprint density at radius 2 is 1.97 bits per heavy atom. The Morgan fingerprint density at radius 1 is 1.26 bits per heavy atom. The number of aromatic nitrogens is 2. The average molecular weight is 430 g/mol. The summed E-state index contributed by atoms with van der Waals surface area (Å²) >= 11 is 0. The van der Waals surface area contributed by atoms with Crippen molar-refractivity contribution in [3.05, 3.63) is 56.2 Å². The molecular formula is C22H31N5O4. The van der Waals surface area contributed by atoms with Gasteiger partial charge in [0.1, 0.15) is 5.82 Å². The highest BCUT2D eigenvalue weighted by Gasteiger charge is 2.27. The van der Waals surface area contributed by atoms with E-state index in [2.05, 4.69) is 22.0 Å². The highest BCUT2D eigenvalue weighted by atomic mass is 16.5. The normalized spacial score (nSPS) is 13.9. The van der Waals surface area contributed by atoms with E-state index in [1.807, 2.05) is 26.0 Å². The molecule has 1 aliphatic rings. The van der Waals surface area contributed by atoms with E-state index >= 15 is 0 Å². The van der Waals surface area contributed by atoms with Gasteiger partial charge in [-0.2, -0.15) is 0 Å². The van der Waals surface area contributed by atoms with Crippen LogP contribution in [0.3, 0.4) is 0 Å². The molecule has 2 heterocycles. The number of amides is 1. The number of anilines is 2. The van der Waals surface area contributed by atoms with Crippen molar-refractivity contribution in [2.75, 3.05) is 44.0 Å². The molecule has 1 aromatic heterocycles. The minimum atomic E-state index is -0.670. The zero-order chi connectivity index (χ0) is 22.5. The number of nitrogens with zero attached hydrogens (tertiary/aromatic N) is 3. The smallest absolute Gasteiger partial charge is 0.330 e. The van der Waals surface area contributed by atoms with E-state index in [9.17, 15) is 14.4 Å². The molecule has 0 fully saturated rings. The van der Waals surface area contributed by atoms with Crippen molar-refractivity contribution < 1.29 is 9.53 Å². The minimum Gasteiger partial charge on any atom is -0.383 e. The first kappa shape index (κ1) is 22.8. The predicted molar refractivity (Wildman–Crippen MR) is 120 cm³/mol. The molecule has 0 aliphatic carbocycles. The van der Waals surface area contributed by atoms with Gasteiger partial charge in [-0.05, 0) is 23.5 Å². The highest BCUT2D eigenvalue weighted by molar-refractivity contribution is 5.96. The van der Waals surface area contributed by atoms with Gasteiger partial charge in [0, 0.05) is 33.3 Å². The number of nitrogens with two attached hydrogens (primary N) is 1. The van der Waals surface area contributed by atoms with Crippen molar-refractivity contribution in [3.63, 3.8) is 0 Å². The lowest BCUT2D eigenvalue weighted by Crippen LogP contribution is -2.47. The summed E-state index contributed by atoms with van der Waals surface area (Å²) in [5, 5.41) is 0. The summed E-state index contributed by atoms with van der Waals surface area (Å²) in [4.78, 5) is 43.9. The number of benzene rings is 1. The van der Waals surface area contributed by atoms with Crippen LogP contribution in [0.4, 0.5) is 11.5 Å². The molecule has 1 amide bonds. The maximum absolute atomic E-state index is 13.3. The lowest BCUT2D eigenvalue weighted by atomic mass is 10.00. The molecular weight excluding hydrogens is 398 g/mol. The fraction of sp³-hybridized carbons (Fsp3) is 0.500. The number of nitrogens with one attached hydrogen (secondary N) is 1. The summed E-state index contributed by atoms with van der Waals surface area (Å²) in [7, 11) is 1.53. The van der Waals surface area contributed by atoms with Gasteiger partial charge in [-0.15, -0.1) is 0 Å². The van der Waals surface area contributed by atoms with Gasteiger partial charge in [-0.3, -0.25) is 24.0 Å². The van der Waals surface area contributed by atoms with Gasteiger partial charge in [-0.25, -0.2) is 4.79 Å². The van der Waals surface area contributed by atoms with E-state index in [1.165, 1.54) is 27.7 Å². The van der Waals surface area contributed by atoms with Crippen LogP contribution in [0, 0.1) is 5.92 Å². The second kappa shape index (κ2) is 9.93. The van der Waals surface area contributed by atoms with Crippen LogP contribution in [0.25, 0.3) is 0 Å². The van der Waals surface area contributed by atoms with Gasteiger partial charge in [0.25, 0.3) is 5.56 Å². The molecule has 9 nitrogen and oxygen atoms in total. The summed E-state index contributed by atoms with van der Waals surface area (Å²) in [5.41, 5.74) is 7.48. The van der Waals surface area contributed by atoms with E-state index in [-0.39, 0.29) is 43.0 Å². The third-order valence-corrected chi connectivity index (χ3v) is 5.42. The Balaban J connectivity index is 1.89. The van der Waals surface area contributed by atoms with E-state index < -0.39 is 11.2 Å². The molecule has 0 spiro atoms. The third-order valence-electron chi connectivity index (χ3n) is 5.42. The molecule has 0 saturated carbocycles. The lowest BCUT2D eigenvalue weighted by Gasteiger charge is -2.31. The number of aromatic amines is 1. The fourth-order valence-corrected chi connectivity index (χ4v) is 3.89. The van der Waals surface area contributed by atoms with E-state index in [1.54, 1.807) is 0 Å². The van der Waals surface area contributed by atoms with Crippen LogP contribution in [0.15, 0.2) is 33.9 Å². The van der Waals surface area contributed by atoms with Crippen molar-refractivity contribution in [2.24, 2.45) is 5.92 Å². The molecule has 1 aromatic carbocycles. The number of hydrogen-bond donors (Lipinski definition) is 2. The molecule has 0 unspecified atom stereocenters.